The minimum Gasteiger partial charge on any atom is -0.0905 e. The summed E-state index contributed by atoms with van der Waals surface area (Å²) < 4.78 is 2.07. The van der Waals surface area contributed by atoms with E-state index in [1.54, 1.807) is 0 Å². The molecule has 0 heterocycles. The molecule has 0 bridgehead atoms. The van der Waals surface area contributed by atoms with Crippen LogP contribution in [0.5, 0.6) is 0 Å². The monoisotopic (exact) mass is 374 g/mol. The standard InChI is InChI=1S/C17H12Br2/c1-9-12-6-4-5-7-13(12)10(2)17-15(19)8-14(18)11(3)16(9)17/h4-8H,2-3H2,1H3. The maximum atomic E-state index is 4.28. The third-order valence-corrected chi connectivity index (χ3v) is 5.00. The van der Waals surface area contributed by atoms with Gasteiger partial charge in [-0.05, 0) is 45.1 Å². The number of halogens is 2. The molecule has 0 atom stereocenters. The lowest BCUT2D eigenvalue weighted by molar-refractivity contribution is 1.52. The van der Waals surface area contributed by atoms with Crippen molar-refractivity contribution in [3.05, 3.63) is 55.3 Å². The van der Waals surface area contributed by atoms with Crippen LogP contribution < -0.4 is 10.4 Å². The highest BCUT2D eigenvalue weighted by atomic mass is 79.9. The van der Waals surface area contributed by atoms with E-state index in [0.717, 1.165) is 24.8 Å². The Hall–Kier alpha value is -1.12. The molecule has 0 saturated carbocycles. The molecular weight excluding hydrogens is 364 g/mol. The van der Waals surface area contributed by atoms with Gasteiger partial charge in [0.25, 0.3) is 0 Å². The lowest BCUT2D eigenvalue weighted by atomic mass is 9.95. The topological polar surface area (TPSA) is 0 Å². The lowest BCUT2D eigenvalue weighted by Crippen LogP contribution is -2.12. The van der Waals surface area contributed by atoms with E-state index in [1.807, 2.05) is 6.07 Å². The summed E-state index contributed by atoms with van der Waals surface area (Å²) >= 11 is 7.23. The summed E-state index contributed by atoms with van der Waals surface area (Å²) in [4.78, 5) is 0. The largest absolute Gasteiger partial charge is 0.0905 e. The Morgan fingerprint density at radius 2 is 1.47 bits per heavy atom. The summed E-state index contributed by atoms with van der Waals surface area (Å²) in [6.07, 6.45) is 0. The number of hydrogen-bond acceptors (Lipinski definition) is 0. The highest BCUT2D eigenvalue weighted by molar-refractivity contribution is 9.11. The number of rotatable bonds is 0. The minimum absolute atomic E-state index is 1.02. The zero-order valence-corrected chi connectivity index (χ0v) is 13.7. The van der Waals surface area contributed by atoms with Crippen LogP contribution in [0.25, 0.3) is 34.7 Å². The molecule has 0 aliphatic carbocycles. The molecule has 0 N–H and O–H groups in total. The third kappa shape index (κ3) is 1.78. The zero-order valence-electron chi connectivity index (χ0n) is 10.6. The predicted octanol–water partition coefficient (Wildman–Crippen LogP) is 4.65. The van der Waals surface area contributed by atoms with E-state index in [-0.39, 0.29) is 0 Å². The normalized spacial score (nSPS) is 11.3. The second kappa shape index (κ2) is 4.46. The van der Waals surface area contributed by atoms with E-state index < -0.39 is 0 Å². The fourth-order valence-electron chi connectivity index (χ4n) is 2.71. The van der Waals surface area contributed by atoms with Crippen LogP contribution in [0.1, 0.15) is 5.56 Å². The van der Waals surface area contributed by atoms with Crippen molar-refractivity contribution in [3.8, 4) is 0 Å². The molecule has 3 rings (SSSR count). The first-order chi connectivity index (χ1) is 9.02. The first kappa shape index (κ1) is 12.9. The van der Waals surface area contributed by atoms with Crippen molar-refractivity contribution in [2.45, 2.75) is 6.92 Å². The van der Waals surface area contributed by atoms with Crippen molar-refractivity contribution in [2.24, 2.45) is 0 Å². The number of aryl methyl sites for hydroxylation is 1. The van der Waals surface area contributed by atoms with Crippen LogP contribution in [0, 0.1) is 6.92 Å². The van der Waals surface area contributed by atoms with Crippen LogP contribution in [0.3, 0.4) is 0 Å². The van der Waals surface area contributed by atoms with Gasteiger partial charge < -0.3 is 0 Å². The summed E-state index contributed by atoms with van der Waals surface area (Å²) in [6, 6.07) is 10.4. The molecule has 94 valence electrons. The van der Waals surface area contributed by atoms with Gasteiger partial charge in [0.15, 0.2) is 0 Å². The average molecular weight is 376 g/mol. The molecule has 0 saturated heterocycles. The van der Waals surface area contributed by atoms with Gasteiger partial charge in [0, 0.05) is 14.3 Å². The number of hydrogen-bond donors (Lipinski definition) is 0. The minimum atomic E-state index is 1.02. The zero-order chi connectivity index (χ0) is 13.7. The molecular formula is C17H12Br2. The maximum absolute atomic E-state index is 4.28. The van der Waals surface area contributed by atoms with Gasteiger partial charge in [0.2, 0.25) is 0 Å². The van der Waals surface area contributed by atoms with Gasteiger partial charge >= 0.3 is 0 Å². The van der Waals surface area contributed by atoms with Crippen molar-refractivity contribution in [1.29, 1.82) is 0 Å². The van der Waals surface area contributed by atoms with Crippen LogP contribution in [0.15, 0.2) is 39.3 Å². The molecule has 0 aliphatic rings. The van der Waals surface area contributed by atoms with Gasteiger partial charge in [-0.3, -0.25) is 0 Å². The molecule has 0 aromatic heterocycles. The van der Waals surface area contributed by atoms with Crippen molar-refractivity contribution in [3.63, 3.8) is 0 Å². The second-order valence-corrected chi connectivity index (χ2v) is 6.43. The molecule has 0 fully saturated rings. The van der Waals surface area contributed by atoms with Crippen molar-refractivity contribution < 1.29 is 0 Å². The van der Waals surface area contributed by atoms with Gasteiger partial charge in [-0.25, -0.2) is 0 Å². The van der Waals surface area contributed by atoms with Gasteiger partial charge in [0.05, 0.1) is 0 Å². The molecule has 2 heteroatoms. The van der Waals surface area contributed by atoms with E-state index in [0.29, 0.717) is 0 Å². The van der Waals surface area contributed by atoms with Crippen molar-refractivity contribution in [2.75, 3.05) is 0 Å². The van der Waals surface area contributed by atoms with E-state index in [9.17, 15) is 0 Å². The highest BCUT2D eigenvalue weighted by Crippen LogP contribution is 2.28. The Morgan fingerprint density at radius 1 is 0.842 bits per heavy atom. The van der Waals surface area contributed by atoms with Gasteiger partial charge in [0.1, 0.15) is 0 Å². The van der Waals surface area contributed by atoms with E-state index in [2.05, 4.69) is 76.2 Å². The molecule has 0 spiro atoms. The Bertz CT molecular complexity index is 924. The molecule has 19 heavy (non-hydrogen) atoms. The smallest absolute Gasteiger partial charge is 0.0271 e. The Morgan fingerprint density at radius 3 is 2.16 bits per heavy atom. The van der Waals surface area contributed by atoms with Crippen molar-refractivity contribution in [1.82, 2.24) is 0 Å². The number of fused-ring (bicyclic) bond motifs is 2. The van der Waals surface area contributed by atoms with Crippen molar-refractivity contribution >= 4 is 66.6 Å². The van der Waals surface area contributed by atoms with Gasteiger partial charge in [-0.1, -0.05) is 69.3 Å². The molecule has 0 radical (unpaired) electrons. The summed E-state index contributed by atoms with van der Waals surface area (Å²) in [5, 5.41) is 6.87. The van der Waals surface area contributed by atoms with Gasteiger partial charge in [-0.15, -0.1) is 0 Å². The molecule has 0 amide bonds. The van der Waals surface area contributed by atoms with E-state index >= 15 is 0 Å². The van der Waals surface area contributed by atoms with E-state index in [4.69, 9.17) is 0 Å². The Kier molecular flexibility index (Phi) is 3.03. The molecule has 3 aromatic rings. The number of benzene rings is 3. The van der Waals surface area contributed by atoms with Crippen LogP contribution in [0.2, 0.25) is 0 Å². The Labute approximate surface area is 128 Å². The molecule has 0 unspecified atom stereocenters. The third-order valence-electron chi connectivity index (χ3n) is 3.67. The van der Waals surface area contributed by atoms with Crippen LogP contribution in [-0.4, -0.2) is 0 Å². The van der Waals surface area contributed by atoms with E-state index in [1.165, 1.54) is 21.7 Å². The quantitative estimate of drug-likeness (QED) is 0.502. The maximum Gasteiger partial charge on any atom is 0.0271 e. The summed E-state index contributed by atoms with van der Waals surface area (Å²) in [6.45, 7) is 10.6. The SMILES string of the molecule is C=c1c(Br)cc(Br)c2c(=C)c3ccccc3c(C)c12. The van der Waals surface area contributed by atoms with Crippen LogP contribution in [-0.2, 0) is 0 Å². The lowest BCUT2D eigenvalue weighted by Gasteiger charge is -2.12. The molecule has 0 aliphatic heterocycles. The average Bonchev–Trinajstić information content (AvgIpc) is 2.40. The van der Waals surface area contributed by atoms with Gasteiger partial charge in [-0.2, -0.15) is 0 Å². The fourth-order valence-corrected chi connectivity index (χ4v) is 4.11. The summed E-state index contributed by atoms with van der Waals surface area (Å²) in [7, 11) is 0. The first-order valence-corrected chi connectivity index (χ1v) is 7.58. The van der Waals surface area contributed by atoms with Crippen LogP contribution >= 0.6 is 31.9 Å². The summed E-state index contributed by atoms with van der Waals surface area (Å²) in [5.41, 5.74) is 1.25. The summed E-state index contributed by atoms with van der Waals surface area (Å²) in [5.74, 6) is 0. The van der Waals surface area contributed by atoms with Crippen LogP contribution in [0.4, 0.5) is 0 Å². The Balaban J connectivity index is 2.81. The first-order valence-electron chi connectivity index (χ1n) is 5.99. The predicted molar refractivity (Wildman–Crippen MR) is 91.9 cm³/mol. The highest BCUT2D eigenvalue weighted by Gasteiger charge is 2.11. The fraction of sp³-hybridized carbons (Fsp3) is 0.0588. The molecule has 3 aromatic carbocycles. The molecule has 0 nitrogen and oxygen atoms in total. The second-order valence-electron chi connectivity index (χ2n) is 4.72.